The molecular weight excluding hydrogens is 494 g/mol. The summed E-state index contributed by atoms with van der Waals surface area (Å²) in [4.78, 5) is 39.2. The van der Waals surface area contributed by atoms with Crippen molar-refractivity contribution in [1.29, 1.82) is 0 Å². The Kier molecular flexibility index (Phi) is 6.37. The average Bonchev–Trinajstić information content (AvgIpc) is 3.68. The third kappa shape index (κ3) is 4.43. The molecule has 0 bridgehead atoms. The lowest BCUT2D eigenvalue weighted by molar-refractivity contribution is -0.130. The number of esters is 1. The van der Waals surface area contributed by atoms with Crippen LogP contribution in [0.2, 0.25) is 0 Å². The molecule has 7 heteroatoms. The standard InChI is InChI=1S/C31H27N3O3S/c1-19-26(20(2)35)27(25-18-38-30-24(25)9-6-14-33-30)28(31(36)37-23-12-15-32-16-13-23)29(22-10-11-22)34(19)17-21-7-4-3-5-8-21/h3-9,12-16,18,22,27H,10-11,17H2,1-2H3. The normalized spacial score (nSPS) is 17.7. The molecule has 4 heterocycles. The first-order chi connectivity index (χ1) is 18.5. The Balaban J connectivity index is 1.58. The summed E-state index contributed by atoms with van der Waals surface area (Å²) in [6.07, 6.45) is 6.95. The number of carbonyl (C=O) groups is 2. The number of allylic oxidation sites excluding steroid dienone is 3. The third-order valence-electron chi connectivity index (χ3n) is 7.24. The van der Waals surface area contributed by atoms with Crippen molar-refractivity contribution in [1.82, 2.24) is 14.9 Å². The Bertz CT molecular complexity index is 1590. The maximum Gasteiger partial charge on any atom is 0.342 e. The highest BCUT2D eigenvalue weighted by atomic mass is 32.1. The summed E-state index contributed by atoms with van der Waals surface area (Å²) in [5.74, 6) is -0.378. The van der Waals surface area contributed by atoms with Gasteiger partial charge in [0.1, 0.15) is 10.6 Å². The van der Waals surface area contributed by atoms with Crippen LogP contribution in [0.1, 0.15) is 43.7 Å². The van der Waals surface area contributed by atoms with Crippen molar-refractivity contribution in [3.63, 3.8) is 0 Å². The number of nitrogens with zero attached hydrogens (tertiary/aromatic N) is 3. The van der Waals surface area contributed by atoms with E-state index in [-0.39, 0.29) is 11.7 Å². The van der Waals surface area contributed by atoms with E-state index in [9.17, 15) is 9.59 Å². The summed E-state index contributed by atoms with van der Waals surface area (Å²) < 4.78 is 5.95. The smallest absolute Gasteiger partial charge is 0.342 e. The fourth-order valence-corrected chi connectivity index (χ4v) is 6.35. The lowest BCUT2D eigenvalue weighted by Gasteiger charge is -2.39. The Morgan fingerprint density at radius 3 is 2.47 bits per heavy atom. The molecule has 1 atom stereocenters. The topological polar surface area (TPSA) is 72.4 Å². The molecule has 0 amide bonds. The van der Waals surface area contributed by atoms with Gasteiger partial charge in [-0.05, 0) is 67.3 Å². The van der Waals surface area contributed by atoms with Gasteiger partial charge in [-0.15, -0.1) is 11.3 Å². The van der Waals surface area contributed by atoms with Crippen molar-refractivity contribution >= 4 is 33.3 Å². The summed E-state index contributed by atoms with van der Waals surface area (Å²) in [5.41, 5.74) is 5.04. The number of Topliss-reactive ketones (excluding diaryl/α,β-unsaturated/α-hetero) is 1. The predicted octanol–water partition coefficient (Wildman–Crippen LogP) is 6.42. The average molecular weight is 522 g/mol. The number of rotatable bonds is 7. The van der Waals surface area contributed by atoms with Gasteiger partial charge in [0.15, 0.2) is 5.78 Å². The number of aromatic nitrogens is 2. The van der Waals surface area contributed by atoms with E-state index in [2.05, 4.69) is 27.0 Å². The molecule has 1 aromatic carbocycles. The Hall–Kier alpha value is -4.10. The summed E-state index contributed by atoms with van der Waals surface area (Å²) in [7, 11) is 0. The number of benzene rings is 1. The molecule has 0 saturated heterocycles. The van der Waals surface area contributed by atoms with Gasteiger partial charge in [0.2, 0.25) is 0 Å². The fraction of sp³-hybridized carbons (Fsp3) is 0.226. The Morgan fingerprint density at radius 1 is 1.00 bits per heavy atom. The summed E-state index contributed by atoms with van der Waals surface area (Å²) in [6, 6.07) is 17.4. The second kappa shape index (κ2) is 9.99. The maximum atomic E-state index is 14.2. The number of fused-ring (bicyclic) bond motifs is 1. The third-order valence-corrected chi connectivity index (χ3v) is 8.16. The molecule has 1 saturated carbocycles. The summed E-state index contributed by atoms with van der Waals surface area (Å²) >= 11 is 1.53. The van der Waals surface area contributed by atoms with Crippen LogP contribution in [-0.2, 0) is 16.1 Å². The second-order valence-electron chi connectivity index (χ2n) is 9.75. The van der Waals surface area contributed by atoms with Gasteiger partial charge in [-0.25, -0.2) is 9.78 Å². The maximum absolute atomic E-state index is 14.2. The predicted molar refractivity (Wildman–Crippen MR) is 147 cm³/mol. The molecule has 1 aliphatic carbocycles. The lowest BCUT2D eigenvalue weighted by atomic mass is 9.77. The van der Waals surface area contributed by atoms with E-state index in [0.29, 0.717) is 23.4 Å². The van der Waals surface area contributed by atoms with Gasteiger partial charge in [-0.2, -0.15) is 0 Å². The van der Waals surface area contributed by atoms with Gasteiger partial charge >= 0.3 is 5.97 Å². The van der Waals surface area contributed by atoms with E-state index >= 15 is 0 Å². The quantitative estimate of drug-likeness (QED) is 0.261. The van der Waals surface area contributed by atoms with E-state index in [1.54, 1.807) is 37.6 Å². The molecule has 0 N–H and O–H groups in total. The summed E-state index contributed by atoms with van der Waals surface area (Å²) in [6.45, 7) is 4.17. The zero-order valence-corrected chi connectivity index (χ0v) is 22.1. The first kappa shape index (κ1) is 24.2. The van der Waals surface area contributed by atoms with Gasteiger partial charge < -0.3 is 9.64 Å². The first-order valence-corrected chi connectivity index (χ1v) is 13.6. The van der Waals surface area contributed by atoms with Gasteiger partial charge in [0.25, 0.3) is 0 Å². The Labute approximate surface area is 225 Å². The molecule has 1 fully saturated rings. The highest BCUT2D eigenvalue weighted by Crippen LogP contribution is 2.52. The first-order valence-electron chi connectivity index (χ1n) is 12.7. The van der Waals surface area contributed by atoms with Gasteiger partial charge in [-0.1, -0.05) is 36.4 Å². The second-order valence-corrected chi connectivity index (χ2v) is 10.6. The number of ether oxygens (including phenoxy) is 1. The number of pyridine rings is 2. The monoisotopic (exact) mass is 521 g/mol. The van der Waals surface area contributed by atoms with Crippen LogP contribution in [0.25, 0.3) is 10.2 Å². The Morgan fingerprint density at radius 2 is 1.76 bits per heavy atom. The van der Waals surface area contributed by atoms with Crippen molar-refractivity contribution in [3.8, 4) is 5.75 Å². The zero-order valence-electron chi connectivity index (χ0n) is 21.3. The van der Waals surface area contributed by atoms with Crippen molar-refractivity contribution in [2.75, 3.05) is 0 Å². The van der Waals surface area contributed by atoms with Gasteiger partial charge in [0.05, 0.1) is 5.57 Å². The number of carbonyl (C=O) groups excluding carboxylic acids is 2. The van der Waals surface area contributed by atoms with E-state index in [1.807, 2.05) is 42.6 Å². The number of ketones is 1. The van der Waals surface area contributed by atoms with Crippen LogP contribution < -0.4 is 4.74 Å². The van der Waals surface area contributed by atoms with Crippen LogP contribution in [0.3, 0.4) is 0 Å². The molecule has 190 valence electrons. The SMILES string of the molecule is CC(=O)C1=C(C)N(Cc2ccccc2)C(C2CC2)=C(C(=O)Oc2ccncc2)C1c1csc2ncccc12. The van der Waals surface area contributed by atoms with Gasteiger partial charge in [-0.3, -0.25) is 9.78 Å². The minimum absolute atomic E-state index is 0.0575. The van der Waals surface area contributed by atoms with E-state index in [1.165, 1.54) is 11.3 Å². The molecule has 6 rings (SSSR count). The molecule has 4 aromatic rings. The molecule has 0 spiro atoms. The van der Waals surface area contributed by atoms with Crippen LogP contribution in [0.4, 0.5) is 0 Å². The molecule has 1 aliphatic heterocycles. The van der Waals surface area contributed by atoms with Crippen LogP contribution in [0.5, 0.6) is 5.75 Å². The molecule has 6 nitrogen and oxygen atoms in total. The molecule has 2 aliphatic rings. The van der Waals surface area contributed by atoms with E-state index < -0.39 is 11.9 Å². The minimum Gasteiger partial charge on any atom is -0.423 e. The molecular formula is C31H27N3O3S. The largest absolute Gasteiger partial charge is 0.423 e. The van der Waals surface area contributed by atoms with Crippen molar-refractivity contribution in [2.24, 2.45) is 5.92 Å². The highest BCUT2D eigenvalue weighted by molar-refractivity contribution is 7.16. The molecule has 3 aromatic heterocycles. The number of hydrogen-bond donors (Lipinski definition) is 0. The van der Waals surface area contributed by atoms with Crippen LogP contribution in [0, 0.1) is 5.92 Å². The van der Waals surface area contributed by atoms with E-state index in [0.717, 1.165) is 45.6 Å². The lowest BCUT2D eigenvalue weighted by Crippen LogP contribution is -2.36. The van der Waals surface area contributed by atoms with Crippen molar-refractivity contribution in [2.45, 2.75) is 39.2 Å². The van der Waals surface area contributed by atoms with E-state index in [4.69, 9.17) is 4.74 Å². The zero-order chi connectivity index (χ0) is 26.2. The van der Waals surface area contributed by atoms with Crippen LogP contribution in [0.15, 0.2) is 101 Å². The molecule has 0 radical (unpaired) electrons. The summed E-state index contributed by atoms with van der Waals surface area (Å²) in [5, 5.41) is 2.99. The van der Waals surface area contributed by atoms with Crippen molar-refractivity contribution in [3.05, 3.63) is 112 Å². The van der Waals surface area contributed by atoms with Crippen LogP contribution >= 0.6 is 11.3 Å². The van der Waals surface area contributed by atoms with Gasteiger partial charge in [0, 0.05) is 53.4 Å². The van der Waals surface area contributed by atoms with Crippen LogP contribution in [-0.4, -0.2) is 26.6 Å². The number of thiophene rings is 1. The van der Waals surface area contributed by atoms with Crippen molar-refractivity contribution < 1.29 is 14.3 Å². The molecule has 1 unspecified atom stereocenters. The number of hydrogen-bond acceptors (Lipinski definition) is 7. The fourth-order valence-electron chi connectivity index (χ4n) is 5.41. The molecule has 38 heavy (non-hydrogen) atoms. The highest BCUT2D eigenvalue weighted by Gasteiger charge is 2.45. The minimum atomic E-state index is -0.539.